The molecule has 3 rings (SSSR count). The quantitative estimate of drug-likeness (QED) is 0.301. The minimum atomic E-state index is 0.691. The van der Waals surface area contributed by atoms with E-state index < -0.39 is 0 Å². The molecule has 100 valence electrons. The van der Waals surface area contributed by atoms with Gasteiger partial charge in [-0.05, 0) is 18.2 Å². The Bertz CT molecular complexity index is 645. The Labute approximate surface area is 116 Å². The zero-order valence-corrected chi connectivity index (χ0v) is 10.7. The first-order chi connectivity index (χ1) is 9.81. The van der Waals surface area contributed by atoms with Gasteiger partial charge in [-0.2, -0.15) is 5.10 Å². The number of hydrogen-bond donors (Lipinski definition) is 2. The van der Waals surface area contributed by atoms with Crippen molar-refractivity contribution in [2.24, 2.45) is 10.9 Å². The molecule has 2 heterocycles. The van der Waals surface area contributed by atoms with Gasteiger partial charge in [0.1, 0.15) is 6.33 Å². The second-order valence-corrected chi connectivity index (χ2v) is 3.85. The standard InChI is InChI=1S/C7H5N3.C7H9N3/c1-2-6-4-8-5-10-7(6)9-3-1;8-7-4-2-1-3-6(7)5-10-9/h1-5H;1-5H,8-9H2/b;10-5-. The summed E-state index contributed by atoms with van der Waals surface area (Å²) in [6.45, 7) is 0. The summed E-state index contributed by atoms with van der Waals surface area (Å²) >= 11 is 0. The van der Waals surface area contributed by atoms with Gasteiger partial charge >= 0.3 is 0 Å². The molecule has 20 heavy (non-hydrogen) atoms. The van der Waals surface area contributed by atoms with Crippen LogP contribution in [0.15, 0.2) is 60.2 Å². The number of anilines is 1. The highest BCUT2D eigenvalue weighted by atomic mass is 15.1. The minimum absolute atomic E-state index is 0.691. The van der Waals surface area contributed by atoms with Gasteiger partial charge in [0.15, 0.2) is 5.65 Å². The van der Waals surface area contributed by atoms with Crippen molar-refractivity contribution in [3.63, 3.8) is 0 Å². The third kappa shape index (κ3) is 3.49. The molecular formula is C14H14N6. The van der Waals surface area contributed by atoms with E-state index in [1.54, 1.807) is 18.5 Å². The topological polar surface area (TPSA) is 103 Å². The molecule has 2 aromatic heterocycles. The Morgan fingerprint density at radius 1 is 1.05 bits per heavy atom. The van der Waals surface area contributed by atoms with E-state index in [-0.39, 0.29) is 0 Å². The SMILES string of the molecule is N/N=C\c1ccccc1N.c1cnc2ncncc2c1. The first-order valence-corrected chi connectivity index (χ1v) is 5.90. The maximum absolute atomic E-state index is 5.56. The highest BCUT2D eigenvalue weighted by Crippen LogP contribution is 2.06. The van der Waals surface area contributed by atoms with Crippen LogP contribution in [0.3, 0.4) is 0 Å². The molecule has 1 aromatic carbocycles. The lowest BCUT2D eigenvalue weighted by Crippen LogP contribution is -1.93. The molecule has 0 atom stereocenters. The molecule has 0 bridgehead atoms. The summed E-state index contributed by atoms with van der Waals surface area (Å²) in [6, 6.07) is 11.2. The van der Waals surface area contributed by atoms with E-state index >= 15 is 0 Å². The fourth-order valence-electron chi connectivity index (χ4n) is 1.53. The number of aromatic nitrogens is 3. The average Bonchev–Trinajstić information content (AvgIpc) is 2.51. The van der Waals surface area contributed by atoms with Gasteiger partial charge in [-0.1, -0.05) is 18.2 Å². The molecule has 0 saturated heterocycles. The summed E-state index contributed by atoms with van der Waals surface area (Å²) < 4.78 is 0. The van der Waals surface area contributed by atoms with Gasteiger partial charge in [-0.3, -0.25) is 0 Å². The van der Waals surface area contributed by atoms with Crippen LogP contribution >= 0.6 is 0 Å². The number of hydrazone groups is 1. The molecule has 0 saturated carbocycles. The van der Waals surface area contributed by atoms with E-state index in [0.717, 1.165) is 16.6 Å². The number of nitrogens with zero attached hydrogens (tertiary/aromatic N) is 4. The molecule has 0 amide bonds. The molecule has 0 fully saturated rings. The molecule has 0 spiro atoms. The van der Waals surface area contributed by atoms with E-state index in [0.29, 0.717) is 5.69 Å². The lowest BCUT2D eigenvalue weighted by molar-refractivity contribution is 1.18. The van der Waals surface area contributed by atoms with Gasteiger partial charge in [-0.25, -0.2) is 15.0 Å². The Kier molecular flexibility index (Phi) is 4.55. The summed E-state index contributed by atoms with van der Waals surface area (Å²) in [6.07, 6.45) is 6.48. The third-order valence-electron chi connectivity index (χ3n) is 2.49. The van der Waals surface area contributed by atoms with Crippen LogP contribution in [0.25, 0.3) is 11.0 Å². The number of rotatable bonds is 1. The van der Waals surface area contributed by atoms with Crippen LogP contribution in [-0.4, -0.2) is 21.2 Å². The normalized spacial score (nSPS) is 10.2. The molecule has 6 nitrogen and oxygen atoms in total. The van der Waals surface area contributed by atoms with Crippen molar-refractivity contribution in [3.05, 3.63) is 60.7 Å². The first kappa shape index (κ1) is 13.4. The zero-order chi connectivity index (χ0) is 14.2. The van der Waals surface area contributed by atoms with Gasteiger partial charge in [-0.15, -0.1) is 0 Å². The summed E-state index contributed by atoms with van der Waals surface area (Å²) in [5.74, 6) is 4.94. The van der Waals surface area contributed by atoms with Crippen molar-refractivity contribution >= 4 is 22.9 Å². The number of hydrogen-bond acceptors (Lipinski definition) is 6. The van der Waals surface area contributed by atoms with Gasteiger partial charge in [0, 0.05) is 29.0 Å². The Morgan fingerprint density at radius 2 is 1.90 bits per heavy atom. The molecule has 0 unspecified atom stereocenters. The van der Waals surface area contributed by atoms with Crippen molar-refractivity contribution in [3.8, 4) is 0 Å². The highest BCUT2D eigenvalue weighted by Gasteiger charge is 1.90. The predicted molar refractivity (Wildman–Crippen MR) is 80.0 cm³/mol. The second-order valence-electron chi connectivity index (χ2n) is 3.85. The summed E-state index contributed by atoms with van der Waals surface area (Å²) in [5.41, 5.74) is 7.85. The van der Waals surface area contributed by atoms with E-state index in [9.17, 15) is 0 Å². The van der Waals surface area contributed by atoms with Gasteiger partial charge in [0.25, 0.3) is 0 Å². The Morgan fingerprint density at radius 3 is 2.65 bits per heavy atom. The molecule has 4 N–H and O–H groups in total. The molecule has 3 aromatic rings. The Hall–Kier alpha value is -3.02. The third-order valence-corrected chi connectivity index (χ3v) is 2.49. The highest BCUT2D eigenvalue weighted by molar-refractivity contribution is 5.86. The van der Waals surface area contributed by atoms with Crippen LogP contribution in [0.1, 0.15) is 5.56 Å². The van der Waals surface area contributed by atoms with Crippen molar-refractivity contribution in [2.75, 3.05) is 5.73 Å². The number of nitrogen functional groups attached to an aromatic ring is 1. The molecule has 0 aliphatic rings. The summed E-state index contributed by atoms with van der Waals surface area (Å²) in [4.78, 5) is 11.9. The number of benzene rings is 1. The van der Waals surface area contributed by atoms with Crippen molar-refractivity contribution in [2.45, 2.75) is 0 Å². The maximum Gasteiger partial charge on any atom is 0.162 e. The number of nitrogens with two attached hydrogens (primary N) is 2. The molecule has 0 aliphatic carbocycles. The van der Waals surface area contributed by atoms with Crippen molar-refractivity contribution in [1.82, 2.24) is 15.0 Å². The van der Waals surface area contributed by atoms with Gasteiger partial charge < -0.3 is 11.6 Å². The number of fused-ring (bicyclic) bond motifs is 1. The van der Waals surface area contributed by atoms with Crippen LogP contribution in [0.4, 0.5) is 5.69 Å². The van der Waals surface area contributed by atoms with Crippen molar-refractivity contribution in [1.29, 1.82) is 0 Å². The first-order valence-electron chi connectivity index (χ1n) is 5.90. The number of pyridine rings is 1. The summed E-state index contributed by atoms with van der Waals surface area (Å²) in [7, 11) is 0. The van der Waals surface area contributed by atoms with E-state index in [1.165, 1.54) is 12.5 Å². The largest absolute Gasteiger partial charge is 0.398 e. The van der Waals surface area contributed by atoms with Crippen LogP contribution in [-0.2, 0) is 0 Å². The van der Waals surface area contributed by atoms with Crippen LogP contribution < -0.4 is 11.6 Å². The molecule has 0 radical (unpaired) electrons. The average molecular weight is 266 g/mol. The smallest absolute Gasteiger partial charge is 0.162 e. The summed E-state index contributed by atoms with van der Waals surface area (Å²) in [5, 5.41) is 4.34. The molecule has 6 heteroatoms. The van der Waals surface area contributed by atoms with Crippen molar-refractivity contribution < 1.29 is 0 Å². The van der Waals surface area contributed by atoms with E-state index in [1.807, 2.05) is 30.3 Å². The zero-order valence-electron chi connectivity index (χ0n) is 10.7. The second kappa shape index (κ2) is 6.79. The predicted octanol–water partition coefficient (Wildman–Crippen LogP) is 1.59. The minimum Gasteiger partial charge on any atom is -0.398 e. The van der Waals surface area contributed by atoms with Gasteiger partial charge in [0.2, 0.25) is 0 Å². The molecule has 0 aliphatic heterocycles. The van der Waals surface area contributed by atoms with Crippen LogP contribution in [0.5, 0.6) is 0 Å². The maximum atomic E-state index is 5.56. The van der Waals surface area contributed by atoms with E-state index in [4.69, 9.17) is 11.6 Å². The monoisotopic (exact) mass is 266 g/mol. The fraction of sp³-hybridized carbons (Fsp3) is 0. The van der Waals surface area contributed by atoms with Gasteiger partial charge in [0.05, 0.1) is 6.21 Å². The van der Waals surface area contributed by atoms with E-state index in [2.05, 4.69) is 20.1 Å². The lowest BCUT2D eigenvalue weighted by atomic mass is 10.2. The molecular weight excluding hydrogens is 252 g/mol. The fourth-order valence-corrected chi connectivity index (χ4v) is 1.53. The lowest BCUT2D eigenvalue weighted by Gasteiger charge is -1.95. The number of para-hydroxylation sites is 1. The van der Waals surface area contributed by atoms with Crippen LogP contribution in [0.2, 0.25) is 0 Å². The Balaban J connectivity index is 0.000000147. The van der Waals surface area contributed by atoms with Crippen LogP contribution in [0, 0.1) is 0 Å².